The molecule has 0 fully saturated rings. The van der Waals surface area contributed by atoms with Crippen LogP contribution in [0.3, 0.4) is 0 Å². The number of nitrogens with one attached hydrogen (secondary N) is 5. The van der Waals surface area contributed by atoms with E-state index in [1.807, 2.05) is 0 Å². The minimum atomic E-state index is -3.27. The molecule has 0 aliphatic carbocycles. The standard InChI is InChI=1S/C14H24N4O2S.C8H12ClN3O2S/c1-15-21(19,20)12-13-6-8-14(9-7-13)17-16-10-4-5-11-18(2)3;1-10-15(13,14)6-7-2-4-8(5-3-7)11-12-9/h6-10,15,17H,4-5,11-12H2,1-3H3;2-5,10-12H,6H2,1H3/b16-10+;/i11D2;. The van der Waals surface area contributed by atoms with E-state index < -0.39 is 26.5 Å². The molecule has 0 heterocycles. The molecule has 202 valence electrons. The third-order valence-electron chi connectivity index (χ3n) is 4.42. The zero-order chi connectivity index (χ0) is 28.8. The van der Waals surface area contributed by atoms with Crippen LogP contribution in [0, 0.1) is 0 Å². The first-order chi connectivity index (χ1) is 17.7. The maximum Gasteiger partial charge on any atom is 0.215 e. The summed E-state index contributed by atoms with van der Waals surface area (Å²) in [5.74, 6) is -0.0925. The summed E-state index contributed by atoms with van der Waals surface area (Å²) in [6.45, 7) is -1.35. The van der Waals surface area contributed by atoms with Gasteiger partial charge in [0.25, 0.3) is 0 Å². The van der Waals surface area contributed by atoms with Gasteiger partial charge in [0.1, 0.15) is 0 Å². The van der Waals surface area contributed by atoms with Crippen molar-refractivity contribution in [3.8, 4) is 0 Å². The fraction of sp³-hybridized carbons (Fsp3) is 0.409. The SMILES string of the molecule is CNS(=O)(=O)Cc1ccc(NNCl)cc1.[2H]C([2H])(CC/C=N/Nc1ccc(CS(=O)(=O)NC)cc1)N(C)C. The van der Waals surface area contributed by atoms with E-state index in [2.05, 4.69) is 30.3 Å². The Morgan fingerprint density at radius 3 is 1.78 bits per heavy atom. The molecule has 0 saturated carbocycles. The maximum absolute atomic E-state index is 11.4. The minimum absolute atomic E-state index is 0.0297. The number of anilines is 2. The van der Waals surface area contributed by atoms with Crippen LogP contribution in [-0.2, 0) is 31.6 Å². The van der Waals surface area contributed by atoms with E-state index in [0.29, 0.717) is 24.0 Å². The number of nitrogens with zero attached hydrogens (tertiary/aromatic N) is 2. The van der Waals surface area contributed by atoms with Gasteiger partial charge in [-0.3, -0.25) is 5.43 Å². The lowest BCUT2D eigenvalue weighted by atomic mass is 10.2. The van der Waals surface area contributed by atoms with Gasteiger partial charge in [0.05, 0.1) is 17.2 Å². The average molecular weight is 564 g/mol. The summed E-state index contributed by atoms with van der Waals surface area (Å²) in [7, 11) is -0.302. The van der Waals surface area contributed by atoms with E-state index in [1.165, 1.54) is 19.0 Å². The summed E-state index contributed by atoms with van der Waals surface area (Å²) in [5, 5.41) is 4.03. The van der Waals surface area contributed by atoms with Crippen LogP contribution in [0.15, 0.2) is 53.6 Å². The monoisotopic (exact) mass is 563 g/mol. The van der Waals surface area contributed by atoms with E-state index in [4.69, 9.17) is 14.5 Å². The largest absolute Gasteiger partial charge is 0.309 e. The number of benzene rings is 2. The molecule has 0 aliphatic heterocycles. The van der Waals surface area contributed by atoms with Crippen molar-refractivity contribution < 1.29 is 19.6 Å². The van der Waals surface area contributed by atoms with Crippen LogP contribution in [0.4, 0.5) is 11.4 Å². The Bertz CT molecular complexity index is 1210. The van der Waals surface area contributed by atoms with Gasteiger partial charge < -0.3 is 10.3 Å². The minimum Gasteiger partial charge on any atom is -0.309 e. The Kier molecular flexibility index (Phi) is 13.0. The molecule has 0 spiro atoms. The average Bonchev–Trinajstić information content (AvgIpc) is 2.86. The smallest absolute Gasteiger partial charge is 0.215 e. The summed E-state index contributed by atoms with van der Waals surface area (Å²) in [6.07, 6.45) is 2.49. The summed E-state index contributed by atoms with van der Waals surface area (Å²) in [6, 6.07) is 13.8. The van der Waals surface area contributed by atoms with Crippen LogP contribution in [0.2, 0.25) is 0 Å². The fourth-order valence-electron chi connectivity index (χ4n) is 2.53. The number of rotatable bonds is 14. The van der Waals surface area contributed by atoms with Crippen LogP contribution >= 0.6 is 11.8 Å². The third kappa shape index (κ3) is 14.3. The molecule has 11 nitrogen and oxygen atoms in total. The van der Waals surface area contributed by atoms with Gasteiger partial charge in [0.15, 0.2) is 0 Å². The Morgan fingerprint density at radius 1 is 0.889 bits per heavy atom. The fourth-order valence-corrected chi connectivity index (χ4v) is 4.20. The van der Waals surface area contributed by atoms with Gasteiger partial charge in [-0.05, 0) is 94.7 Å². The number of halogens is 1. The number of hydrazine groups is 1. The van der Waals surface area contributed by atoms with E-state index >= 15 is 0 Å². The highest BCUT2D eigenvalue weighted by molar-refractivity contribution is 7.88. The predicted molar refractivity (Wildman–Crippen MR) is 149 cm³/mol. The van der Waals surface area contributed by atoms with Gasteiger partial charge in [-0.15, -0.1) is 4.94 Å². The molecule has 0 saturated heterocycles. The Hall–Kier alpha value is -2.26. The van der Waals surface area contributed by atoms with Crippen molar-refractivity contribution in [2.45, 2.75) is 24.3 Å². The highest BCUT2D eigenvalue weighted by atomic mass is 35.5. The highest BCUT2D eigenvalue weighted by Gasteiger charge is 2.08. The first-order valence-corrected chi connectivity index (χ1v) is 14.5. The van der Waals surface area contributed by atoms with Crippen molar-refractivity contribution in [1.29, 1.82) is 0 Å². The topological polar surface area (TPSA) is 144 Å². The predicted octanol–water partition coefficient (Wildman–Crippen LogP) is 2.28. The number of hydrogen-bond donors (Lipinski definition) is 5. The molecule has 0 atom stereocenters. The molecule has 2 rings (SSSR count). The number of hydrazone groups is 1. The van der Waals surface area contributed by atoms with Gasteiger partial charge in [-0.1, -0.05) is 24.3 Å². The van der Waals surface area contributed by atoms with Gasteiger partial charge in [-0.25, -0.2) is 26.3 Å². The first kappa shape index (κ1) is 28.3. The number of hydrogen-bond acceptors (Lipinski definition) is 9. The van der Waals surface area contributed by atoms with Crippen LogP contribution in [0.1, 0.15) is 26.7 Å². The van der Waals surface area contributed by atoms with Crippen molar-refractivity contribution >= 4 is 49.4 Å². The van der Waals surface area contributed by atoms with Crippen LogP contribution < -0.4 is 25.2 Å². The molecule has 36 heavy (non-hydrogen) atoms. The van der Waals surface area contributed by atoms with E-state index in [0.717, 1.165) is 11.4 Å². The molecule has 2 aromatic rings. The second kappa shape index (κ2) is 16.5. The first-order valence-electron chi connectivity index (χ1n) is 11.8. The van der Waals surface area contributed by atoms with Gasteiger partial charge in [-0.2, -0.15) is 5.10 Å². The summed E-state index contributed by atoms with van der Waals surface area (Å²) in [5.41, 5.74) is 8.39. The van der Waals surface area contributed by atoms with Crippen LogP contribution in [-0.4, -0.2) is 62.6 Å². The Morgan fingerprint density at radius 2 is 1.36 bits per heavy atom. The van der Waals surface area contributed by atoms with Crippen LogP contribution in [0.5, 0.6) is 0 Å². The molecule has 2 aromatic carbocycles. The molecule has 0 radical (unpaired) electrons. The van der Waals surface area contributed by atoms with Crippen molar-refractivity contribution in [3.63, 3.8) is 0 Å². The Labute approximate surface area is 222 Å². The normalized spacial score (nSPS) is 13.1. The zero-order valence-electron chi connectivity index (χ0n) is 22.7. The molecular weight excluding hydrogens is 526 g/mol. The van der Waals surface area contributed by atoms with Gasteiger partial charge >= 0.3 is 0 Å². The van der Waals surface area contributed by atoms with Crippen molar-refractivity contribution in [2.75, 3.05) is 45.5 Å². The molecule has 5 N–H and O–H groups in total. The van der Waals surface area contributed by atoms with Crippen LogP contribution in [0.25, 0.3) is 0 Å². The van der Waals surface area contributed by atoms with Crippen molar-refractivity contribution in [3.05, 3.63) is 59.7 Å². The van der Waals surface area contributed by atoms with E-state index in [9.17, 15) is 16.8 Å². The molecule has 0 amide bonds. The lowest BCUT2D eigenvalue weighted by molar-refractivity contribution is 0.404. The second-order valence-electron chi connectivity index (χ2n) is 7.55. The lowest BCUT2D eigenvalue weighted by Gasteiger charge is -2.06. The highest BCUT2D eigenvalue weighted by Crippen LogP contribution is 2.12. The second-order valence-corrected chi connectivity index (χ2v) is 11.6. The van der Waals surface area contributed by atoms with Gasteiger partial charge in [0, 0.05) is 14.6 Å². The van der Waals surface area contributed by atoms with E-state index in [-0.39, 0.29) is 11.5 Å². The third-order valence-corrected chi connectivity index (χ3v) is 7.19. The Balaban J connectivity index is 0.000000415. The quantitative estimate of drug-likeness (QED) is 0.134. The number of sulfonamides is 2. The summed E-state index contributed by atoms with van der Waals surface area (Å²) in [4.78, 5) is 3.79. The molecular formula is C22H36ClN7O4S2. The van der Waals surface area contributed by atoms with Gasteiger partial charge in [0.2, 0.25) is 20.0 Å². The lowest BCUT2D eigenvalue weighted by Crippen LogP contribution is -2.20. The molecule has 14 heteroatoms. The zero-order valence-corrected chi connectivity index (χ0v) is 23.1. The molecule has 0 bridgehead atoms. The molecule has 0 aromatic heterocycles. The molecule has 0 aliphatic rings. The molecule has 0 unspecified atom stereocenters. The van der Waals surface area contributed by atoms with Crippen molar-refractivity contribution in [1.82, 2.24) is 19.3 Å². The summed E-state index contributed by atoms with van der Waals surface area (Å²) >= 11 is 5.24. The maximum atomic E-state index is 11.4. The van der Waals surface area contributed by atoms with E-state index in [1.54, 1.807) is 68.8 Å². The van der Waals surface area contributed by atoms with Crippen molar-refractivity contribution in [2.24, 2.45) is 5.10 Å². The summed E-state index contributed by atoms with van der Waals surface area (Å²) < 4.78 is 65.3.